The predicted octanol–water partition coefficient (Wildman–Crippen LogP) is 2.37. The van der Waals surface area contributed by atoms with Crippen LogP contribution in [-0.4, -0.2) is 25.0 Å². The van der Waals surface area contributed by atoms with E-state index in [1.165, 1.54) is 38.8 Å². The van der Waals surface area contributed by atoms with Gasteiger partial charge in [-0.1, -0.05) is 13.3 Å². The van der Waals surface area contributed by atoms with Gasteiger partial charge in [-0.2, -0.15) is 0 Å². The molecule has 0 amide bonds. The van der Waals surface area contributed by atoms with Gasteiger partial charge in [-0.3, -0.25) is 0 Å². The van der Waals surface area contributed by atoms with Crippen molar-refractivity contribution in [2.45, 2.75) is 32.6 Å². The number of nitrogens with zero attached hydrogens (tertiary/aromatic N) is 1. The summed E-state index contributed by atoms with van der Waals surface area (Å²) in [6.07, 6.45) is 5.94. The molecule has 1 saturated carbocycles. The molecule has 2 aliphatic rings. The van der Waals surface area contributed by atoms with Gasteiger partial charge in [0.25, 0.3) is 0 Å². The lowest BCUT2D eigenvalue weighted by atomic mass is 9.89. The van der Waals surface area contributed by atoms with Crippen LogP contribution in [0.15, 0.2) is 0 Å². The van der Waals surface area contributed by atoms with E-state index in [1.54, 1.807) is 0 Å². The average molecular weight is 167 g/mol. The molecule has 0 bridgehead atoms. The van der Waals surface area contributed by atoms with Crippen molar-refractivity contribution in [3.8, 4) is 0 Å². The second-order valence-corrected chi connectivity index (χ2v) is 4.82. The second kappa shape index (κ2) is 3.37. The standard InChI is InChI=1S/C11H21N/c1-3-9-6-10-4-5-12(2)8-11(10)7-9/h9-11H,3-8H2,1-2H3/t9-,10?,11?/m0/s1. The van der Waals surface area contributed by atoms with Gasteiger partial charge < -0.3 is 4.90 Å². The SMILES string of the molecule is CC[C@H]1CC2CCN(C)CC2C1. The van der Waals surface area contributed by atoms with Gasteiger partial charge in [-0.15, -0.1) is 0 Å². The molecule has 12 heavy (non-hydrogen) atoms. The quantitative estimate of drug-likeness (QED) is 0.579. The Kier molecular flexibility index (Phi) is 2.40. The molecule has 0 N–H and O–H groups in total. The molecule has 1 heterocycles. The van der Waals surface area contributed by atoms with Crippen LogP contribution in [0.3, 0.4) is 0 Å². The summed E-state index contributed by atoms with van der Waals surface area (Å²) >= 11 is 0. The van der Waals surface area contributed by atoms with Crippen LogP contribution in [0, 0.1) is 17.8 Å². The van der Waals surface area contributed by atoms with Crippen molar-refractivity contribution in [2.75, 3.05) is 20.1 Å². The largest absolute Gasteiger partial charge is 0.306 e. The molecule has 1 saturated heterocycles. The second-order valence-electron chi connectivity index (χ2n) is 4.82. The van der Waals surface area contributed by atoms with Gasteiger partial charge in [-0.25, -0.2) is 0 Å². The summed E-state index contributed by atoms with van der Waals surface area (Å²) in [7, 11) is 2.27. The number of hydrogen-bond acceptors (Lipinski definition) is 1. The number of fused-ring (bicyclic) bond motifs is 1. The molecular weight excluding hydrogens is 146 g/mol. The van der Waals surface area contributed by atoms with Gasteiger partial charge >= 0.3 is 0 Å². The van der Waals surface area contributed by atoms with Crippen LogP contribution in [0.5, 0.6) is 0 Å². The molecule has 2 unspecified atom stereocenters. The van der Waals surface area contributed by atoms with E-state index in [0.29, 0.717) is 0 Å². The van der Waals surface area contributed by atoms with Crippen molar-refractivity contribution in [3.05, 3.63) is 0 Å². The van der Waals surface area contributed by atoms with E-state index in [0.717, 1.165) is 17.8 Å². The highest BCUT2D eigenvalue weighted by Crippen LogP contribution is 2.42. The number of piperidine rings is 1. The smallest absolute Gasteiger partial charge is 0.000937 e. The number of hydrogen-bond donors (Lipinski definition) is 0. The first-order chi connectivity index (χ1) is 5.79. The first-order valence-corrected chi connectivity index (χ1v) is 5.48. The molecule has 1 aliphatic heterocycles. The molecule has 3 atom stereocenters. The van der Waals surface area contributed by atoms with Gasteiger partial charge in [0, 0.05) is 6.54 Å². The van der Waals surface area contributed by atoms with Crippen molar-refractivity contribution < 1.29 is 0 Å². The highest BCUT2D eigenvalue weighted by atomic mass is 15.1. The van der Waals surface area contributed by atoms with Crippen LogP contribution in [0.2, 0.25) is 0 Å². The summed E-state index contributed by atoms with van der Waals surface area (Å²) < 4.78 is 0. The van der Waals surface area contributed by atoms with E-state index in [-0.39, 0.29) is 0 Å². The van der Waals surface area contributed by atoms with Crippen LogP contribution in [0.25, 0.3) is 0 Å². The Balaban J connectivity index is 1.93. The fourth-order valence-electron chi connectivity index (χ4n) is 3.13. The number of likely N-dealkylation sites (tertiary alicyclic amines) is 1. The topological polar surface area (TPSA) is 3.24 Å². The Bertz CT molecular complexity index is 155. The third-order valence-corrected chi connectivity index (χ3v) is 3.94. The number of rotatable bonds is 1. The molecule has 1 heteroatoms. The minimum atomic E-state index is 1.05. The zero-order valence-corrected chi connectivity index (χ0v) is 8.42. The van der Waals surface area contributed by atoms with Crippen LogP contribution < -0.4 is 0 Å². The Morgan fingerprint density at radius 3 is 2.75 bits per heavy atom. The van der Waals surface area contributed by atoms with Crippen molar-refractivity contribution in [1.29, 1.82) is 0 Å². The average Bonchev–Trinajstić information content (AvgIpc) is 2.46. The fraction of sp³-hybridized carbons (Fsp3) is 1.00. The van der Waals surface area contributed by atoms with Crippen LogP contribution >= 0.6 is 0 Å². The Labute approximate surface area is 76.1 Å². The lowest BCUT2D eigenvalue weighted by Gasteiger charge is -2.32. The summed E-state index contributed by atoms with van der Waals surface area (Å²) in [6, 6.07) is 0. The van der Waals surface area contributed by atoms with Crippen molar-refractivity contribution in [1.82, 2.24) is 4.90 Å². The van der Waals surface area contributed by atoms with Crippen molar-refractivity contribution in [3.63, 3.8) is 0 Å². The highest BCUT2D eigenvalue weighted by molar-refractivity contribution is 4.87. The van der Waals surface area contributed by atoms with Crippen LogP contribution in [0.1, 0.15) is 32.6 Å². The summed E-state index contributed by atoms with van der Waals surface area (Å²) in [6.45, 7) is 5.07. The van der Waals surface area contributed by atoms with E-state index in [2.05, 4.69) is 18.9 Å². The molecule has 1 aliphatic carbocycles. The molecule has 0 spiro atoms. The third-order valence-electron chi connectivity index (χ3n) is 3.94. The Morgan fingerprint density at radius 2 is 2.00 bits per heavy atom. The normalized spacial score (nSPS) is 43.0. The van der Waals surface area contributed by atoms with Crippen molar-refractivity contribution >= 4 is 0 Å². The molecule has 0 aromatic rings. The molecule has 0 radical (unpaired) electrons. The van der Waals surface area contributed by atoms with E-state index in [1.807, 2.05) is 0 Å². The summed E-state index contributed by atoms with van der Waals surface area (Å²) in [5.41, 5.74) is 0. The van der Waals surface area contributed by atoms with Gasteiger partial charge in [0.15, 0.2) is 0 Å². The van der Waals surface area contributed by atoms with E-state index in [9.17, 15) is 0 Å². The van der Waals surface area contributed by atoms with Crippen molar-refractivity contribution in [2.24, 2.45) is 17.8 Å². The summed E-state index contributed by atoms with van der Waals surface area (Å²) in [5, 5.41) is 0. The van der Waals surface area contributed by atoms with Gasteiger partial charge in [-0.05, 0) is 50.6 Å². The zero-order chi connectivity index (χ0) is 8.55. The lowest BCUT2D eigenvalue weighted by Crippen LogP contribution is -2.35. The molecular formula is C11H21N. The Hall–Kier alpha value is -0.0400. The maximum absolute atomic E-state index is 2.51. The minimum absolute atomic E-state index is 1.05. The predicted molar refractivity (Wildman–Crippen MR) is 52.1 cm³/mol. The van der Waals surface area contributed by atoms with E-state index < -0.39 is 0 Å². The van der Waals surface area contributed by atoms with Gasteiger partial charge in [0.2, 0.25) is 0 Å². The first kappa shape index (κ1) is 8.55. The zero-order valence-electron chi connectivity index (χ0n) is 8.42. The molecule has 0 aromatic heterocycles. The summed E-state index contributed by atoms with van der Waals surface area (Å²) in [4.78, 5) is 2.51. The maximum Gasteiger partial charge on any atom is 0.000937 e. The maximum atomic E-state index is 2.51. The van der Waals surface area contributed by atoms with E-state index in [4.69, 9.17) is 0 Å². The van der Waals surface area contributed by atoms with Crippen LogP contribution in [0.4, 0.5) is 0 Å². The lowest BCUT2D eigenvalue weighted by molar-refractivity contribution is 0.166. The molecule has 70 valence electrons. The Morgan fingerprint density at radius 1 is 1.25 bits per heavy atom. The third kappa shape index (κ3) is 1.52. The first-order valence-electron chi connectivity index (χ1n) is 5.48. The minimum Gasteiger partial charge on any atom is -0.306 e. The molecule has 1 nitrogen and oxygen atoms in total. The molecule has 0 aromatic carbocycles. The summed E-state index contributed by atoms with van der Waals surface area (Å²) in [5.74, 6) is 3.20. The molecule has 2 rings (SSSR count). The monoisotopic (exact) mass is 167 g/mol. The van der Waals surface area contributed by atoms with Gasteiger partial charge in [0.1, 0.15) is 0 Å². The van der Waals surface area contributed by atoms with Gasteiger partial charge in [0.05, 0.1) is 0 Å². The fourth-order valence-corrected chi connectivity index (χ4v) is 3.13. The van der Waals surface area contributed by atoms with Crippen LogP contribution in [-0.2, 0) is 0 Å². The highest BCUT2D eigenvalue weighted by Gasteiger charge is 2.35. The molecule has 2 fully saturated rings. The van der Waals surface area contributed by atoms with E-state index >= 15 is 0 Å².